The number of hydrogen-bond acceptors (Lipinski definition) is 6. The van der Waals surface area contributed by atoms with Gasteiger partial charge in [-0.15, -0.1) is 0 Å². The zero-order valence-corrected chi connectivity index (χ0v) is 16.4. The highest BCUT2D eigenvalue weighted by Crippen LogP contribution is 2.19. The lowest BCUT2D eigenvalue weighted by atomic mass is 10.1. The normalized spacial score (nSPS) is 13.9. The minimum atomic E-state index is -0.0941. The highest BCUT2D eigenvalue weighted by Gasteiger charge is 2.22. The van der Waals surface area contributed by atoms with E-state index in [1.165, 1.54) is 11.9 Å². The van der Waals surface area contributed by atoms with E-state index in [1.54, 1.807) is 12.4 Å². The maximum Gasteiger partial charge on any atom is 0.255 e. The molecule has 8 heteroatoms. The molecule has 0 spiro atoms. The Bertz CT molecular complexity index is 1200. The molecule has 3 aromatic heterocycles. The molecule has 0 amide bonds. The van der Waals surface area contributed by atoms with Crippen LogP contribution in [0.5, 0.6) is 0 Å². The van der Waals surface area contributed by atoms with E-state index in [0.29, 0.717) is 17.9 Å². The predicted molar refractivity (Wildman–Crippen MR) is 111 cm³/mol. The summed E-state index contributed by atoms with van der Waals surface area (Å²) in [5.41, 5.74) is 4.56. The molecule has 1 aliphatic rings. The van der Waals surface area contributed by atoms with Crippen molar-refractivity contribution in [3.8, 4) is 11.4 Å². The molecule has 1 aromatic carbocycles. The smallest absolute Gasteiger partial charge is 0.255 e. The minimum absolute atomic E-state index is 0.0941. The van der Waals surface area contributed by atoms with Crippen LogP contribution in [0.25, 0.3) is 11.4 Å². The van der Waals surface area contributed by atoms with E-state index in [9.17, 15) is 4.79 Å². The fourth-order valence-corrected chi connectivity index (χ4v) is 3.78. The molecule has 0 atom stereocenters. The summed E-state index contributed by atoms with van der Waals surface area (Å²) in [5.74, 6) is 0.523. The number of nitrogens with one attached hydrogen (secondary N) is 1. The standard InChI is InChI=1S/C22H21N7O/c30-22-19-14-28(7-6-20(19)26-21(27-22)18-9-23-15-24-10-18)11-17-8-25-29(13-17)12-16-4-2-1-3-5-16/h1-5,8-10,13,15H,6-7,11-12,14H2,(H,26,27,30). The fraction of sp³-hybridized carbons (Fsp3) is 0.227. The molecule has 0 bridgehead atoms. The average Bonchev–Trinajstić information content (AvgIpc) is 3.22. The Morgan fingerprint density at radius 1 is 1.00 bits per heavy atom. The van der Waals surface area contributed by atoms with E-state index in [1.807, 2.05) is 29.1 Å². The summed E-state index contributed by atoms with van der Waals surface area (Å²) < 4.78 is 1.95. The van der Waals surface area contributed by atoms with Crippen LogP contribution in [-0.2, 0) is 26.1 Å². The van der Waals surface area contributed by atoms with Gasteiger partial charge < -0.3 is 4.98 Å². The van der Waals surface area contributed by atoms with Crippen molar-refractivity contribution in [2.45, 2.75) is 26.1 Å². The van der Waals surface area contributed by atoms with Crippen molar-refractivity contribution >= 4 is 0 Å². The van der Waals surface area contributed by atoms with Crippen molar-refractivity contribution in [2.24, 2.45) is 0 Å². The van der Waals surface area contributed by atoms with Crippen LogP contribution in [0.1, 0.15) is 22.4 Å². The zero-order valence-electron chi connectivity index (χ0n) is 16.4. The first kappa shape index (κ1) is 18.4. The molecule has 0 radical (unpaired) electrons. The van der Waals surface area contributed by atoms with Gasteiger partial charge in [0.05, 0.1) is 29.6 Å². The molecule has 0 fully saturated rings. The van der Waals surface area contributed by atoms with Crippen LogP contribution < -0.4 is 5.56 Å². The van der Waals surface area contributed by atoms with Crippen molar-refractivity contribution < 1.29 is 0 Å². The highest BCUT2D eigenvalue weighted by molar-refractivity contribution is 5.52. The molecule has 8 nitrogen and oxygen atoms in total. The molecule has 0 aliphatic carbocycles. The van der Waals surface area contributed by atoms with Crippen LogP contribution >= 0.6 is 0 Å². The number of aromatic amines is 1. The summed E-state index contributed by atoms with van der Waals surface area (Å²) in [6.45, 7) is 2.92. The Hall–Kier alpha value is -3.65. The van der Waals surface area contributed by atoms with Gasteiger partial charge >= 0.3 is 0 Å². The molecule has 1 aliphatic heterocycles. The van der Waals surface area contributed by atoms with Gasteiger partial charge in [0.25, 0.3) is 5.56 Å². The molecule has 30 heavy (non-hydrogen) atoms. The van der Waals surface area contributed by atoms with Crippen LogP contribution in [0.15, 0.2) is 66.2 Å². The van der Waals surface area contributed by atoms with E-state index in [4.69, 9.17) is 0 Å². The van der Waals surface area contributed by atoms with E-state index in [0.717, 1.165) is 42.9 Å². The first-order valence-electron chi connectivity index (χ1n) is 9.90. The molecule has 4 heterocycles. The van der Waals surface area contributed by atoms with Gasteiger partial charge in [0.2, 0.25) is 0 Å². The van der Waals surface area contributed by atoms with Gasteiger partial charge in [-0.05, 0) is 5.56 Å². The lowest BCUT2D eigenvalue weighted by Crippen LogP contribution is -2.35. The SMILES string of the molecule is O=c1[nH]c(-c2cncnc2)nc2c1CN(Cc1cnn(Cc3ccccc3)c1)CC2. The summed E-state index contributed by atoms with van der Waals surface area (Å²) in [6, 6.07) is 10.3. The van der Waals surface area contributed by atoms with Crippen LogP contribution in [0.2, 0.25) is 0 Å². The largest absolute Gasteiger partial charge is 0.306 e. The number of nitrogens with zero attached hydrogens (tertiary/aromatic N) is 6. The fourth-order valence-electron chi connectivity index (χ4n) is 3.78. The maximum absolute atomic E-state index is 12.7. The second kappa shape index (κ2) is 8.00. The van der Waals surface area contributed by atoms with Gasteiger partial charge in [-0.25, -0.2) is 15.0 Å². The highest BCUT2D eigenvalue weighted by atomic mass is 16.1. The summed E-state index contributed by atoms with van der Waals surface area (Å²) >= 11 is 0. The van der Waals surface area contributed by atoms with Crippen molar-refractivity contribution in [2.75, 3.05) is 6.54 Å². The van der Waals surface area contributed by atoms with Crippen LogP contribution in [0.3, 0.4) is 0 Å². The van der Waals surface area contributed by atoms with Gasteiger partial charge in [-0.1, -0.05) is 30.3 Å². The number of rotatable bonds is 5. The van der Waals surface area contributed by atoms with E-state index >= 15 is 0 Å². The van der Waals surface area contributed by atoms with Gasteiger partial charge in [0, 0.05) is 50.2 Å². The van der Waals surface area contributed by atoms with Crippen LogP contribution in [0, 0.1) is 0 Å². The van der Waals surface area contributed by atoms with Gasteiger partial charge in [-0.3, -0.25) is 14.4 Å². The molecule has 0 saturated heterocycles. The lowest BCUT2D eigenvalue weighted by molar-refractivity contribution is 0.242. The molecular weight excluding hydrogens is 378 g/mol. The minimum Gasteiger partial charge on any atom is -0.306 e. The first-order chi connectivity index (χ1) is 14.7. The Kier molecular flexibility index (Phi) is 4.90. The second-order valence-electron chi connectivity index (χ2n) is 7.46. The Morgan fingerprint density at radius 3 is 2.67 bits per heavy atom. The van der Waals surface area contributed by atoms with Crippen molar-refractivity contribution in [1.82, 2.24) is 34.6 Å². The molecule has 5 rings (SSSR count). The van der Waals surface area contributed by atoms with Crippen molar-refractivity contribution in [3.05, 3.63) is 94.2 Å². The van der Waals surface area contributed by atoms with E-state index < -0.39 is 0 Å². The number of fused-ring (bicyclic) bond motifs is 1. The third-order valence-electron chi connectivity index (χ3n) is 5.26. The van der Waals surface area contributed by atoms with Crippen molar-refractivity contribution in [3.63, 3.8) is 0 Å². The van der Waals surface area contributed by atoms with E-state index in [2.05, 4.69) is 48.3 Å². The van der Waals surface area contributed by atoms with Crippen LogP contribution in [0.4, 0.5) is 0 Å². The Labute approximate surface area is 173 Å². The topological polar surface area (TPSA) is 92.6 Å². The molecule has 1 N–H and O–H groups in total. The van der Waals surface area contributed by atoms with Gasteiger partial charge in [0.1, 0.15) is 12.2 Å². The Balaban J connectivity index is 1.29. The van der Waals surface area contributed by atoms with E-state index in [-0.39, 0.29) is 5.56 Å². The zero-order chi connectivity index (χ0) is 20.3. The first-order valence-corrected chi connectivity index (χ1v) is 9.90. The summed E-state index contributed by atoms with van der Waals surface area (Å²) in [5, 5.41) is 4.48. The predicted octanol–water partition coefficient (Wildman–Crippen LogP) is 2.03. The third kappa shape index (κ3) is 3.90. The second-order valence-corrected chi connectivity index (χ2v) is 7.46. The summed E-state index contributed by atoms with van der Waals surface area (Å²) in [6.07, 6.45) is 9.47. The monoisotopic (exact) mass is 399 g/mol. The Morgan fingerprint density at radius 2 is 1.83 bits per heavy atom. The average molecular weight is 399 g/mol. The third-order valence-corrected chi connectivity index (χ3v) is 5.26. The molecule has 150 valence electrons. The van der Waals surface area contributed by atoms with Gasteiger partial charge in [0.15, 0.2) is 0 Å². The quantitative estimate of drug-likeness (QED) is 0.552. The van der Waals surface area contributed by atoms with Gasteiger partial charge in [-0.2, -0.15) is 5.10 Å². The number of benzene rings is 1. The lowest BCUT2D eigenvalue weighted by Gasteiger charge is -2.27. The number of H-pyrrole nitrogens is 1. The van der Waals surface area contributed by atoms with Crippen molar-refractivity contribution in [1.29, 1.82) is 0 Å². The molecular formula is C22H21N7O. The summed E-state index contributed by atoms with van der Waals surface area (Å²) in [7, 11) is 0. The number of aromatic nitrogens is 6. The van der Waals surface area contributed by atoms with Crippen LogP contribution in [-0.4, -0.2) is 41.2 Å². The molecule has 0 saturated carbocycles. The number of hydrogen-bond donors (Lipinski definition) is 1. The maximum atomic E-state index is 12.7. The summed E-state index contributed by atoms with van der Waals surface area (Å²) in [4.78, 5) is 30.5. The molecule has 4 aromatic rings. The molecule has 0 unspecified atom stereocenters.